The maximum Gasteiger partial charge on any atom is 0.0835 e. The van der Waals surface area contributed by atoms with E-state index < -0.39 is 0 Å². The number of azo groups is 1. The first-order chi connectivity index (χ1) is 4.22. The van der Waals surface area contributed by atoms with Crippen LogP contribution in [0.1, 0.15) is 26.7 Å². The van der Waals surface area contributed by atoms with Crippen LogP contribution in [-0.2, 0) is 0 Å². The third-order valence-corrected chi connectivity index (χ3v) is 2.94. The molecular weight excluding hydrogens is 112 g/mol. The standard InChI is InChI=1S/C7H12N2/c1-5-6-3-4-7(5,2)9-8-6/h5-6H,3-4H2,1-2H3/t5-,6-,7+/m0/s1. The van der Waals surface area contributed by atoms with E-state index in [1.54, 1.807) is 0 Å². The summed E-state index contributed by atoms with van der Waals surface area (Å²) >= 11 is 0. The second-order valence-corrected chi connectivity index (χ2v) is 3.47. The SMILES string of the molecule is C[C@H]1[C@@H]2CC[C@@]1(C)N=N2. The summed E-state index contributed by atoms with van der Waals surface area (Å²) in [7, 11) is 0. The smallest absolute Gasteiger partial charge is 0.0835 e. The second kappa shape index (κ2) is 1.36. The molecule has 2 heteroatoms. The molecule has 0 spiro atoms. The third-order valence-electron chi connectivity index (χ3n) is 2.94. The van der Waals surface area contributed by atoms with Crippen molar-refractivity contribution in [2.75, 3.05) is 0 Å². The zero-order valence-electron chi connectivity index (χ0n) is 5.96. The van der Waals surface area contributed by atoms with Crippen molar-refractivity contribution < 1.29 is 0 Å². The van der Waals surface area contributed by atoms with Crippen LogP contribution in [0.15, 0.2) is 10.2 Å². The average Bonchev–Trinajstić information content (AvgIpc) is 2.24. The lowest BCUT2D eigenvalue weighted by Gasteiger charge is -2.17. The van der Waals surface area contributed by atoms with Gasteiger partial charge in [0.2, 0.25) is 0 Å². The maximum atomic E-state index is 4.24. The Bertz CT molecular complexity index is 164. The van der Waals surface area contributed by atoms with Gasteiger partial charge >= 0.3 is 0 Å². The van der Waals surface area contributed by atoms with Crippen molar-refractivity contribution in [1.29, 1.82) is 0 Å². The van der Waals surface area contributed by atoms with E-state index in [4.69, 9.17) is 0 Å². The van der Waals surface area contributed by atoms with Crippen molar-refractivity contribution in [2.45, 2.75) is 38.3 Å². The van der Waals surface area contributed by atoms with E-state index in [1.807, 2.05) is 0 Å². The molecule has 2 nitrogen and oxygen atoms in total. The van der Waals surface area contributed by atoms with E-state index in [0.29, 0.717) is 12.0 Å². The van der Waals surface area contributed by atoms with Gasteiger partial charge in [0.25, 0.3) is 0 Å². The summed E-state index contributed by atoms with van der Waals surface area (Å²) in [5.41, 5.74) is 0.227. The summed E-state index contributed by atoms with van der Waals surface area (Å²) in [6.45, 7) is 4.48. The van der Waals surface area contributed by atoms with Gasteiger partial charge in [-0.2, -0.15) is 10.2 Å². The molecule has 0 aromatic carbocycles. The highest BCUT2D eigenvalue weighted by Gasteiger charge is 2.47. The minimum absolute atomic E-state index is 0.227. The topological polar surface area (TPSA) is 24.7 Å². The summed E-state index contributed by atoms with van der Waals surface area (Å²) in [5.74, 6) is 0.706. The van der Waals surface area contributed by atoms with Crippen molar-refractivity contribution in [1.82, 2.24) is 0 Å². The van der Waals surface area contributed by atoms with Crippen molar-refractivity contribution >= 4 is 0 Å². The van der Waals surface area contributed by atoms with Gasteiger partial charge in [0.15, 0.2) is 0 Å². The fraction of sp³-hybridized carbons (Fsp3) is 1.00. The molecule has 1 saturated carbocycles. The van der Waals surface area contributed by atoms with E-state index in [-0.39, 0.29) is 5.54 Å². The predicted octanol–water partition coefficient (Wildman–Crippen LogP) is 2.01. The van der Waals surface area contributed by atoms with Gasteiger partial charge in [-0.15, -0.1) is 0 Å². The van der Waals surface area contributed by atoms with E-state index in [1.165, 1.54) is 12.8 Å². The number of nitrogens with zero attached hydrogens (tertiary/aromatic N) is 2. The molecule has 9 heavy (non-hydrogen) atoms. The minimum Gasteiger partial charge on any atom is -0.190 e. The Hall–Kier alpha value is -0.400. The van der Waals surface area contributed by atoms with Crippen molar-refractivity contribution in [2.24, 2.45) is 16.1 Å². The largest absolute Gasteiger partial charge is 0.190 e. The van der Waals surface area contributed by atoms with Gasteiger partial charge < -0.3 is 0 Å². The Morgan fingerprint density at radius 2 is 2.33 bits per heavy atom. The number of fused-ring (bicyclic) bond motifs is 2. The summed E-state index contributed by atoms with van der Waals surface area (Å²) in [6, 6.07) is 0.565. The quantitative estimate of drug-likeness (QED) is 0.472. The van der Waals surface area contributed by atoms with Gasteiger partial charge in [0, 0.05) is 5.92 Å². The molecule has 0 N–H and O–H groups in total. The second-order valence-electron chi connectivity index (χ2n) is 3.47. The lowest BCUT2D eigenvalue weighted by atomic mass is 9.92. The Balaban J connectivity index is 2.36. The number of rotatable bonds is 0. The minimum atomic E-state index is 0.227. The molecule has 50 valence electrons. The van der Waals surface area contributed by atoms with Crippen LogP contribution in [0.25, 0.3) is 0 Å². The van der Waals surface area contributed by atoms with Crippen molar-refractivity contribution in [3.63, 3.8) is 0 Å². The first kappa shape index (κ1) is 5.39. The van der Waals surface area contributed by atoms with Crippen LogP contribution in [0.5, 0.6) is 0 Å². The summed E-state index contributed by atoms with van der Waals surface area (Å²) in [6.07, 6.45) is 2.52. The van der Waals surface area contributed by atoms with E-state index in [0.717, 1.165) is 0 Å². The van der Waals surface area contributed by atoms with Crippen LogP contribution < -0.4 is 0 Å². The van der Waals surface area contributed by atoms with Crippen LogP contribution in [0, 0.1) is 5.92 Å². The fourth-order valence-corrected chi connectivity index (χ4v) is 1.84. The van der Waals surface area contributed by atoms with Gasteiger partial charge in [0.1, 0.15) is 0 Å². The van der Waals surface area contributed by atoms with Crippen LogP contribution >= 0.6 is 0 Å². The Morgan fingerprint density at radius 1 is 1.56 bits per heavy atom. The Labute approximate surface area is 55.4 Å². The molecule has 1 fully saturated rings. The highest BCUT2D eigenvalue weighted by Crippen LogP contribution is 2.45. The normalized spacial score (nSPS) is 54.9. The van der Waals surface area contributed by atoms with Crippen LogP contribution in [-0.4, -0.2) is 11.6 Å². The molecule has 0 radical (unpaired) electrons. The molecule has 0 aromatic rings. The molecule has 0 aromatic heterocycles. The van der Waals surface area contributed by atoms with Crippen LogP contribution in [0.3, 0.4) is 0 Å². The molecule has 1 heterocycles. The molecule has 2 bridgehead atoms. The molecule has 0 amide bonds. The molecule has 2 aliphatic rings. The molecule has 2 rings (SSSR count). The molecule has 0 saturated heterocycles. The van der Waals surface area contributed by atoms with Gasteiger partial charge in [-0.05, 0) is 19.8 Å². The lowest BCUT2D eigenvalue weighted by molar-refractivity contribution is 0.398. The molecule has 1 aliphatic heterocycles. The van der Waals surface area contributed by atoms with Gasteiger partial charge in [-0.1, -0.05) is 6.92 Å². The maximum absolute atomic E-state index is 4.24. The van der Waals surface area contributed by atoms with Gasteiger partial charge in [-0.3, -0.25) is 0 Å². The molecular formula is C7H12N2. The van der Waals surface area contributed by atoms with Crippen LogP contribution in [0.2, 0.25) is 0 Å². The number of hydrogen-bond acceptors (Lipinski definition) is 2. The third kappa shape index (κ3) is 0.511. The lowest BCUT2D eigenvalue weighted by Crippen LogP contribution is -2.23. The van der Waals surface area contributed by atoms with Crippen molar-refractivity contribution in [3.05, 3.63) is 0 Å². The highest BCUT2D eigenvalue weighted by molar-refractivity contribution is 5.04. The van der Waals surface area contributed by atoms with E-state index >= 15 is 0 Å². The number of hydrogen-bond donors (Lipinski definition) is 0. The zero-order chi connectivity index (χ0) is 6.48. The fourth-order valence-electron chi connectivity index (χ4n) is 1.84. The monoisotopic (exact) mass is 124 g/mol. The summed E-state index contributed by atoms with van der Waals surface area (Å²) < 4.78 is 0. The summed E-state index contributed by atoms with van der Waals surface area (Å²) in [4.78, 5) is 0. The average molecular weight is 124 g/mol. The molecule has 1 aliphatic carbocycles. The summed E-state index contributed by atoms with van der Waals surface area (Å²) in [5, 5.41) is 8.42. The zero-order valence-corrected chi connectivity index (χ0v) is 5.96. The Kier molecular flexibility index (Phi) is 0.815. The van der Waals surface area contributed by atoms with Gasteiger partial charge in [0.05, 0.1) is 11.6 Å². The van der Waals surface area contributed by atoms with Crippen LogP contribution in [0.4, 0.5) is 0 Å². The van der Waals surface area contributed by atoms with Crippen molar-refractivity contribution in [3.8, 4) is 0 Å². The highest BCUT2D eigenvalue weighted by atomic mass is 15.2. The molecule has 3 atom stereocenters. The van der Waals surface area contributed by atoms with E-state index in [2.05, 4.69) is 24.1 Å². The first-order valence-corrected chi connectivity index (χ1v) is 3.64. The van der Waals surface area contributed by atoms with Gasteiger partial charge in [-0.25, -0.2) is 0 Å². The Morgan fingerprint density at radius 3 is 2.44 bits per heavy atom. The predicted molar refractivity (Wildman–Crippen MR) is 35.4 cm³/mol. The first-order valence-electron chi connectivity index (χ1n) is 3.64. The molecule has 0 unspecified atom stereocenters. The van der Waals surface area contributed by atoms with E-state index in [9.17, 15) is 0 Å².